The van der Waals surface area contributed by atoms with Crippen molar-refractivity contribution in [3.63, 3.8) is 0 Å². The fourth-order valence-corrected chi connectivity index (χ4v) is 3.48. The molecule has 4 nitrogen and oxygen atoms in total. The standard InChI is InChI=1S/C19H19FN2O2S/c1-13(23)22-9-8-14-2-5-17(10-15(14)11-22)21-19(24)12-25-18-6-3-16(20)4-7-18/h2-7,10H,8-9,11-12H2,1H3,(H,21,24). The molecule has 0 fully saturated rings. The van der Waals surface area contributed by atoms with Gasteiger partial charge in [-0.25, -0.2) is 4.39 Å². The van der Waals surface area contributed by atoms with Crippen LogP contribution in [-0.2, 0) is 22.6 Å². The molecule has 2 amide bonds. The van der Waals surface area contributed by atoms with Crippen LogP contribution in [0, 0.1) is 5.82 Å². The van der Waals surface area contributed by atoms with Crippen molar-refractivity contribution in [2.24, 2.45) is 0 Å². The van der Waals surface area contributed by atoms with Gasteiger partial charge in [0.15, 0.2) is 0 Å². The molecule has 3 rings (SSSR count). The Bertz CT molecular complexity index is 793. The molecular formula is C19H19FN2O2S. The van der Waals surface area contributed by atoms with Crippen molar-refractivity contribution in [1.29, 1.82) is 0 Å². The van der Waals surface area contributed by atoms with Gasteiger partial charge in [-0.05, 0) is 53.9 Å². The average molecular weight is 358 g/mol. The van der Waals surface area contributed by atoms with Gasteiger partial charge in [-0.1, -0.05) is 6.07 Å². The lowest BCUT2D eigenvalue weighted by atomic mass is 9.99. The zero-order chi connectivity index (χ0) is 17.8. The minimum Gasteiger partial charge on any atom is -0.338 e. The molecule has 1 N–H and O–H groups in total. The van der Waals surface area contributed by atoms with Crippen molar-refractivity contribution in [3.05, 3.63) is 59.4 Å². The first-order valence-corrected chi connectivity index (χ1v) is 9.05. The number of fused-ring (bicyclic) bond motifs is 1. The van der Waals surface area contributed by atoms with Crippen molar-refractivity contribution in [2.75, 3.05) is 17.6 Å². The molecule has 0 spiro atoms. The minimum atomic E-state index is -0.289. The van der Waals surface area contributed by atoms with Crippen molar-refractivity contribution in [1.82, 2.24) is 4.90 Å². The lowest BCUT2D eigenvalue weighted by Gasteiger charge is -2.28. The van der Waals surface area contributed by atoms with E-state index in [9.17, 15) is 14.0 Å². The van der Waals surface area contributed by atoms with Gasteiger partial charge in [0.2, 0.25) is 11.8 Å². The Morgan fingerprint density at radius 3 is 2.64 bits per heavy atom. The molecule has 0 aliphatic carbocycles. The predicted octanol–water partition coefficient (Wildman–Crippen LogP) is 3.46. The Hall–Kier alpha value is -2.34. The van der Waals surface area contributed by atoms with Crippen molar-refractivity contribution in [2.45, 2.75) is 24.8 Å². The average Bonchev–Trinajstić information content (AvgIpc) is 2.60. The number of amides is 2. The number of nitrogens with one attached hydrogen (secondary N) is 1. The number of nitrogens with zero attached hydrogens (tertiary/aromatic N) is 1. The van der Waals surface area contributed by atoms with E-state index in [0.29, 0.717) is 6.54 Å². The van der Waals surface area contributed by atoms with Gasteiger partial charge in [-0.3, -0.25) is 9.59 Å². The molecule has 1 heterocycles. The van der Waals surface area contributed by atoms with Gasteiger partial charge in [-0.2, -0.15) is 0 Å². The van der Waals surface area contributed by atoms with E-state index in [1.165, 1.54) is 29.5 Å². The first kappa shape index (κ1) is 17.5. The van der Waals surface area contributed by atoms with Gasteiger partial charge in [0.05, 0.1) is 5.75 Å². The van der Waals surface area contributed by atoms with E-state index < -0.39 is 0 Å². The predicted molar refractivity (Wildman–Crippen MR) is 97.0 cm³/mol. The van der Waals surface area contributed by atoms with Gasteiger partial charge >= 0.3 is 0 Å². The molecule has 25 heavy (non-hydrogen) atoms. The third kappa shape index (κ3) is 4.60. The van der Waals surface area contributed by atoms with Crippen LogP contribution >= 0.6 is 11.8 Å². The van der Waals surface area contributed by atoms with Crippen LogP contribution in [-0.4, -0.2) is 29.0 Å². The molecule has 2 aromatic carbocycles. The van der Waals surface area contributed by atoms with Crippen molar-refractivity contribution >= 4 is 29.3 Å². The third-order valence-corrected chi connectivity index (χ3v) is 5.14. The highest BCUT2D eigenvalue weighted by Gasteiger charge is 2.18. The maximum absolute atomic E-state index is 12.9. The van der Waals surface area contributed by atoms with E-state index in [4.69, 9.17) is 0 Å². The number of rotatable bonds is 4. The molecule has 0 atom stereocenters. The molecule has 2 aromatic rings. The van der Waals surface area contributed by atoms with Gasteiger partial charge in [0.25, 0.3) is 0 Å². The SMILES string of the molecule is CC(=O)N1CCc2ccc(NC(=O)CSc3ccc(F)cc3)cc2C1. The number of hydrogen-bond donors (Lipinski definition) is 1. The summed E-state index contributed by atoms with van der Waals surface area (Å²) < 4.78 is 12.9. The van der Waals surface area contributed by atoms with Gasteiger partial charge in [0.1, 0.15) is 5.82 Å². The minimum absolute atomic E-state index is 0.0655. The summed E-state index contributed by atoms with van der Waals surface area (Å²) in [6, 6.07) is 11.9. The van der Waals surface area contributed by atoms with Crippen LogP contribution in [0.5, 0.6) is 0 Å². The molecule has 6 heteroatoms. The Morgan fingerprint density at radius 1 is 1.16 bits per heavy atom. The zero-order valence-corrected chi connectivity index (χ0v) is 14.7. The molecule has 0 bridgehead atoms. The molecule has 1 aliphatic heterocycles. The summed E-state index contributed by atoms with van der Waals surface area (Å²) in [4.78, 5) is 26.3. The lowest BCUT2D eigenvalue weighted by Crippen LogP contribution is -2.34. The van der Waals surface area contributed by atoms with E-state index in [1.807, 2.05) is 18.2 Å². The Kier molecular flexibility index (Phi) is 5.38. The van der Waals surface area contributed by atoms with E-state index >= 15 is 0 Å². The first-order chi connectivity index (χ1) is 12.0. The van der Waals surface area contributed by atoms with Gasteiger partial charge in [-0.15, -0.1) is 11.8 Å². The molecule has 1 aliphatic rings. The molecular weight excluding hydrogens is 339 g/mol. The van der Waals surface area contributed by atoms with E-state index in [2.05, 4.69) is 5.32 Å². The lowest BCUT2D eigenvalue weighted by molar-refractivity contribution is -0.129. The second-order valence-corrected chi connectivity index (χ2v) is 7.01. The Balaban J connectivity index is 1.59. The van der Waals surface area contributed by atoms with Crippen LogP contribution in [0.25, 0.3) is 0 Å². The van der Waals surface area contributed by atoms with E-state index in [0.717, 1.165) is 29.1 Å². The summed E-state index contributed by atoms with van der Waals surface area (Å²) in [5, 5.41) is 2.88. The highest BCUT2D eigenvalue weighted by Crippen LogP contribution is 2.23. The largest absolute Gasteiger partial charge is 0.338 e. The number of anilines is 1. The quantitative estimate of drug-likeness (QED) is 0.852. The summed E-state index contributed by atoms with van der Waals surface area (Å²) in [5.41, 5.74) is 3.02. The third-order valence-electron chi connectivity index (χ3n) is 4.13. The van der Waals surface area contributed by atoms with Gasteiger partial charge < -0.3 is 10.2 Å². The molecule has 0 saturated carbocycles. The Labute approximate surface area is 150 Å². The van der Waals surface area contributed by atoms with Crippen LogP contribution in [0.2, 0.25) is 0 Å². The van der Waals surface area contributed by atoms with Crippen LogP contribution < -0.4 is 5.32 Å². The second-order valence-electron chi connectivity index (χ2n) is 5.96. The maximum atomic E-state index is 12.9. The van der Waals surface area contributed by atoms with Crippen LogP contribution in [0.1, 0.15) is 18.1 Å². The summed E-state index contributed by atoms with van der Waals surface area (Å²) in [5.74, 6) is -0.0887. The number of thioether (sulfide) groups is 1. The summed E-state index contributed by atoms with van der Waals surface area (Å²) in [6.07, 6.45) is 0.837. The smallest absolute Gasteiger partial charge is 0.234 e. The maximum Gasteiger partial charge on any atom is 0.234 e. The molecule has 0 saturated heterocycles. The van der Waals surface area contributed by atoms with Crippen molar-refractivity contribution in [3.8, 4) is 0 Å². The summed E-state index contributed by atoms with van der Waals surface area (Å²) in [7, 11) is 0. The molecule has 130 valence electrons. The fraction of sp³-hybridized carbons (Fsp3) is 0.263. The first-order valence-electron chi connectivity index (χ1n) is 8.07. The normalized spacial score (nSPS) is 13.3. The van der Waals surface area contributed by atoms with E-state index in [-0.39, 0.29) is 23.4 Å². The molecule has 0 aromatic heterocycles. The summed E-state index contributed by atoms with van der Waals surface area (Å²) in [6.45, 7) is 2.89. The second kappa shape index (κ2) is 7.70. The summed E-state index contributed by atoms with van der Waals surface area (Å²) >= 11 is 1.36. The number of benzene rings is 2. The van der Waals surface area contributed by atoms with E-state index in [1.54, 1.807) is 24.0 Å². The van der Waals surface area contributed by atoms with Crippen LogP contribution in [0.15, 0.2) is 47.4 Å². The van der Waals surface area contributed by atoms with Crippen LogP contribution in [0.3, 0.4) is 0 Å². The number of hydrogen-bond acceptors (Lipinski definition) is 3. The number of halogens is 1. The topological polar surface area (TPSA) is 49.4 Å². The molecule has 0 unspecified atom stereocenters. The van der Waals surface area contributed by atoms with Crippen LogP contribution in [0.4, 0.5) is 10.1 Å². The fourth-order valence-electron chi connectivity index (χ4n) is 2.78. The zero-order valence-electron chi connectivity index (χ0n) is 13.9. The highest BCUT2D eigenvalue weighted by molar-refractivity contribution is 8.00. The number of carbonyl (C=O) groups excluding carboxylic acids is 2. The monoisotopic (exact) mass is 358 g/mol. The highest BCUT2D eigenvalue weighted by atomic mass is 32.2. The Morgan fingerprint density at radius 2 is 1.92 bits per heavy atom. The number of carbonyl (C=O) groups is 2. The molecule has 0 radical (unpaired) electrons. The van der Waals surface area contributed by atoms with Gasteiger partial charge in [0, 0.05) is 30.6 Å². The van der Waals surface area contributed by atoms with Crippen molar-refractivity contribution < 1.29 is 14.0 Å².